The topological polar surface area (TPSA) is 126 Å². The van der Waals surface area contributed by atoms with E-state index in [9.17, 15) is 14.4 Å². The molecule has 1 aliphatic rings. The number of carbonyl (C=O) groups excluding carboxylic acids is 3. The number of rotatable bonds is 6. The molecule has 164 valence electrons. The number of aryl methyl sites for hydroxylation is 2. The number of cyclic esters (lactones) is 2. The molecular formula is C21H22N2O8. The maximum atomic E-state index is 12.1. The minimum absolute atomic E-state index is 0.274. The lowest BCUT2D eigenvalue weighted by Crippen LogP contribution is -2.42. The molecule has 0 saturated carbocycles. The molecule has 1 aromatic carbocycles. The van der Waals surface area contributed by atoms with E-state index in [0.717, 1.165) is 0 Å². The van der Waals surface area contributed by atoms with Gasteiger partial charge >= 0.3 is 17.9 Å². The van der Waals surface area contributed by atoms with Crippen LogP contribution in [0.2, 0.25) is 0 Å². The molecule has 0 bridgehead atoms. The average Bonchev–Trinajstić information content (AvgIpc) is 3.03. The summed E-state index contributed by atoms with van der Waals surface area (Å²) < 4.78 is 25.6. The van der Waals surface area contributed by atoms with E-state index in [0.29, 0.717) is 34.0 Å². The van der Waals surface area contributed by atoms with Crippen molar-refractivity contribution in [2.45, 2.75) is 33.5 Å². The second kappa shape index (κ2) is 8.50. The number of anilines is 1. The summed E-state index contributed by atoms with van der Waals surface area (Å²) in [6, 6.07) is 4.99. The number of hydrogen-bond acceptors (Lipinski definition) is 10. The van der Waals surface area contributed by atoms with Gasteiger partial charge in [-0.3, -0.25) is 0 Å². The summed E-state index contributed by atoms with van der Waals surface area (Å²) in [6.07, 6.45) is 1.21. The molecule has 0 spiro atoms. The predicted octanol–water partition coefficient (Wildman–Crippen LogP) is 2.64. The molecule has 1 saturated heterocycles. The molecule has 0 aliphatic carbocycles. The van der Waals surface area contributed by atoms with E-state index in [1.807, 2.05) is 0 Å². The van der Waals surface area contributed by atoms with Crippen molar-refractivity contribution in [1.82, 2.24) is 5.16 Å². The van der Waals surface area contributed by atoms with Gasteiger partial charge in [-0.1, -0.05) is 5.16 Å². The summed E-state index contributed by atoms with van der Waals surface area (Å²) in [5.41, 5.74) is 2.16. The zero-order valence-corrected chi connectivity index (χ0v) is 17.7. The van der Waals surface area contributed by atoms with Crippen molar-refractivity contribution >= 4 is 23.6 Å². The summed E-state index contributed by atoms with van der Waals surface area (Å²) in [6.45, 7) is 6.17. The molecular weight excluding hydrogens is 408 g/mol. The van der Waals surface area contributed by atoms with Gasteiger partial charge in [0.15, 0.2) is 12.2 Å². The zero-order chi connectivity index (χ0) is 22.8. The fourth-order valence-electron chi connectivity index (χ4n) is 2.94. The number of benzene rings is 1. The highest BCUT2D eigenvalue weighted by atomic mass is 16.7. The van der Waals surface area contributed by atoms with Crippen LogP contribution in [0.1, 0.15) is 25.3 Å². The molecule has 0 atom stereocenters. The zero-order valence-electron chi connectivity index (χ0n) is 17.7. The van der Waals surface area contributed by atoms with Crippen LogP contribution in [0.15, 0.2) is 34.5 Å². The SMILES string of the molecule is COC(=O)COc1ccc(NC=C2C(=O)OC(C)(C)OC2=O)cc1-c1c(C)noc1C. The van der Waals surface area contributed by atoms with Crippen LogP contribution in [0.25, 0.3) is 11.1 Å². The van der Waals surface area contributed by atoms with Gasteiger partial charge in [0.25, 0.3) is 5.79 Å². The molecule has 2 aromatic rings. The predicted molar refractivity (Wildman–Crippen MR) is 107 cm³/mol. The third-order valence-electron chi connectivity index (χ3n) is 4.36. The molecule has 1 fully saturated rings. The number of nitrogens with zero attached hydrogens (tertiary/aromatic N) is 1. The highest BCUT2D eigenvalue weighted by Gasteiger charge is 2.39. The molecule has 0 amide bonds. The monoisotopic (exact) mass is 430 g/mol. The molecule has 0 unspecified atom stereocenters. The first-order chi connectivity index (χ1) is 14.6. The molecule has 0 radical (unpaired) electrons. The first kappa shape index (κ1) is 21.9. The lowest BCUT2D eigenvalue weighted by molar-refractivity contribution is -0.222. The second-order valence-corrected chi connectivity index (χ2v) is 7.16. The van der Waals surface area contributed by atoms with Crippen LogP contribution in [0.5, 0.6) is 5.75 Å². The van der Waals surface area contributed by atoms with Gasteiger partial charge in [0.1, 0.15) is 11.5 Å². The van der Waals surface area contributed by atoms with Crippen molar-refractivity contribution in [1.29, 1.82) is 0 Å². The largest absolute Gasteiger partial charge is 0.481 e. The molecule has 1 aliphatic heterocycles. The Kier molecular flexibility index (Phi) is 6.00. The van der Waals surface area contributed by atoms with Gasteiger partial charge in [0, 0.05) is 31.3 Å². The Labute approximate surface area is 178 Å². The van der Waals surface area contributed by atoms with Crippen LogP contribution in [-0.2, 0) is 28.6 Å². The molecule has 1 aromatic heterocycles. The van der Waals surface area contributed by atoms with E-state index in [1.165, 1.54) is 27.2 Å². The van der Waals surface area contributed by atoms with Crippen molar-refractivity contribution in [3.05, 3.63) is 41.4 Å². The second-order valence-electron chi connectivity index (χ2n) is 7.16. The van der Waals surface area contributed by atoms with Crippen LogP contribution in [0.4, 0.5) is 5.69 Å². The molecule has 31 heavy (non-hydrogen) atoms. The molecule has 2 heterocycles. The Bertz CT molecular complexity index is 1030. The highest BCUT2D eigenvalue weighted by Crippen LogP contribution is 2.37. The summed E-state index contributed by atoms with van der Waals surface area (Å²) >= 11 is 0. The van der Waals surface area contributed by atoms with Gasteiger partial charge in [0.05, 0.1) is 18.4 Å². The lowest BCUT2D eigenvalue weighted by atomic mass is 10.0. The Hall–Kier alpha value is -3.82. The van der Waals surface area contributed by atoms with Gasteiger partial charge in [-0.05, 0) is 32.0 Å². The molecule has 10 nitrogen and oxygen atoms in total. The highest BCUT2D eigenvalue weighted by molar-refractivity contribution is 6.15. The Morgan fingerprint density at radius 3 is 2.45 bits per heavy atom. The minimum atomic E-state index is -1.32. The number of esters is 3. The van der Waals surface area contributed by atoms with Gasteiger partial charge < -0.3 is 28.8 Å². The maximum Gasteiger partial charge on any atom is 0.350 e. The average molecular weight is 430 g/mol. The number of carbonyl (C=O) groups is 3. The van der Waals surface area contributed by atoms with Crippen molar-refractivity contribution in [2.24, 2.45) is 0 Å². The normalized spacial score (nSPS) is 15.1. The van der Waals surface area contributed by atoms with E-state index in [4.69, 9.17) is 18.7 Å². The Morgan fingerprint density at radius 2 is 1.87 bits per heavy atom. The third kappa shape index (κ3) is 4.85. The van der Waals surface area contributed by atoms with E-state index in [1.54, 1.807) is 32.0 Å². The molecule has 3 rings (SSSR count). The van der Waals surface area contributed by atoms with Crippen LogP contribution >= 0.6 is 0 Å². The van der Waals surface area contributed by atoms with Gasteiger partial charge in [-0.25, -0.2) is 14.4 Å². The van der Waals surface area contributed by atoms with Crippen molar-refractivity contribution < 1.29 is 37.9 Å². The standard InChI is InChI=1S/C21H22N2O8/c1-11-18(12(2)31-23-11)14-8-13(6-7-16(14)28-10-17(24)27-5)22-9-15-19(25)29-21(3,4)30-20(15)26/h6-9,22H,10H2,1-5H3. The Balaban J connectivity index is 1.92. The smallest absolute Gasteiger partial charge is 0.350 e. The molecule has 1 N–H and O–H groups in total. The summed E-state index contributed by atoms with van der Waals surface area (Å²) in [4.78, 5) is 35.7. The van der Waals surface area contributed by atoms with Crippen LogP contribution in [0, 0.1) is 13.8 Å². The van der Waals surface area contributed by atoms with Gasteiger partial charge in [-0.2, -0.15) is 0 Å². The fourth-order valence-corrected chi connectivity index (χ4v) is 2.94. The third-order valence-corrected chi connectivity index (χ3v) is 4.36. The van der Waals surface area contributed by atoms with Gasteiger partial charge in [0.2, 0.25) is 0 Å². The van der Waals surface area contributed by atoms with Crippen LogP contribution < -0.4 is 10.1 Å². The van der Waals surface area contributed by atoms with Crippen LogP contribution in [-0.4, -0.2) is 42.6 Å². The number of methoxy groups -OCH3 is 1. The van der Waals surface area contributed by atoms with E-state index in [2.05, 4.69) is 15.2 Å². The van der Waals surface area contributed by atoms with E-state index in [-0.39, 0.29) is 12.2 Å². The number of ether oxygens (including phenoxy) is 4. The first-order valence-electron chi connectivity index (χ1n) is 9.31. The van der Waals surface area contributed by atoms with Crippen LogP contribution in [0.3, 0.4) is 0 Å². The summed E-state index contributed by atoms with van der Waals surface area (Å²) in [7, 11) is 1.27. The lowest BCUT2D eigenvalue weighted by Gasteiger charge is -2.29. The minimum Gasteiger partial charge on any atom is -0.481 e. The van der Waals surface area contributed by atoms with Crippen molar-refractivity contribution in [2.75, 3.05) is 19.0 Å². The number of nitrogens with one attached hydrogen (secondary N) is 1. The van der Waals surface area contributed by atoms with Crippen molar-refractivity contribution in [3.63, 3.8) is 0 Å². The van der Waals surface area contributed by atoms with Crippen molar-refractivity contribution in [3.8, 4) is 16.9 Å². The summed E-state index contributed by atoms with van der Waals surface area (Å²) in [5, 5.41) is 6.84. The maximum absolute atomic E-state index is 12.1. The number of hydrogen-bond donors (Lipinski definition) is 1. The first-order valence-corrected chi connectivity index (χ1v) is 9.31. The number of aromatic nitrogens is 1. The fraction of sp³-hybridized carbons (Fsp3) is 0.333. The quantitative estimate of drug-likeness (QED) is 0.415. The molecule has 10 heteroatoms. The summed E-state index contributed by atoms with van der Waals surface area (Å²) in [5.74, 6) is -2.49. The van der Waals surface area contributed by atoms with E-state index >= 15 is 0 Å². The van der Waals surface area contributed by atoms with E-state index < -0.39 is 23.7 Å². The van der Waals surface area contributed by atoms with Gasteiger partial charge in [-0.15, -0.1) is 0 Å². The Morgan fingerprint density at radius 1 is 1.19 bits per heavy atom.